The predicted octanol–water partition coefficient (Wildman–Crippen LogP) is 1.72. The van der Waals surface area contributed by atoms with E-state index in [4.69, 9.17) is 9.15 Å². The number of nitrogens with zero attached hydrogens (tertiary/aromatic N) is 2. The molecule has 0 aliphatic heterocycles. The highest BCUT2D eigenvalue weighted by Gasteiger charge is 2.14. The van der Waals surface area contributed by atoms with Crippen LogP contribution in [0.5, 0.6) is 0 Å². The minimum Gasteiger partial charge on any atom is -0.457 e. The van der Waals surface area contributed by atoms with Crippen molar-refractivity contribution in [2.45, 2.75) is 19.6 Å². The molecular weight excluding hydrogens is 208 g/mol. The molecule has 1 atom stereocenters. The Kier molecular flexibility index (Phi) is 3.05. The molecule has 0 radical (unpaired) electrons. The molecule has 2 aromatic rings. The molecule has 2 aromatic heterocycles. The molecule has 0 amide bonds. The first-order valence-corrected chi connectivity index (χ1v) is 4.97. The van der Waals surface area contributed by atoms with Crippen molar-refractivity contribution < 1.29 is 13.9 Å². The van der Waals surface area contributed by atoms with Gasteiger partial charge in [-0.25, -0.2) is 4.79 Å². The van der Waals surface area contributed by atoms with Gasteiger partial charge in [-0.05, 0) is 25.1 Å². The zero-order valence-electron chi connectivity index (χ0n) is 8.87. The Balaban J connectivity index is 1.88. The minimum absolute atomic E-state index is 0.215. The Morgan fingerprint density at radius 2 is 2.50 bits per heavy atom. The highest BCUT2D eigenvalue weighted by molar-refractivity contribution is 5.86. The molecule has 0 bridgehead atoms. The lowest BCUT2D eigenvalue weighted by molar-refractivity contribution is 0.0263. The largest absolute Gasteiger partial charge is 0.457 e. The Morgan fingerprint density at radius 1 is 1.62 bits per heavy atom. The van der Waals surface area contributed by atoms with Crippen molar-refractivity contribution in [2.24, 2.45) is 0 Å². The van der Waals surface area contributed by atoms with Gasteiger partial charge in [0.05, 0.1) is 12.8 Å². The monoisotopic (exact) mass is 220 g/mol. The molecule has 2 rings (SSSR count). The van der Waals surface area contributed by atoms with E-state index in [2.05, 4.69) is 5.10 Å². The van der Waals surface area contributed by atoms with Gasteiger partial charge in [0.25, 0.3) is 0 Å². The van der Waals surface area contributed by atoms with Crippen LogP contribution in [0.3, 0.4) is 0 Å². The van der Waals surface area contributed by atoms with Crippen molar-refractivity contribution in [3.05, 3.63) is 42.6 Å². The number of esters is 1. The molecular formula is C11H12N2O3. The standard InChI is InChI=1S/C11H12N2O3/c1-9(8-13-6-3-5-12-13)16-11(14)10-4-2-7-15-10/h2-7,9H,8H2,1H3. The normalized spacial score (nSPS) is 12.3. The van der Waals surface area contributed by atoms with Gasteiger partial charge in [0.1, 0.15) is 6.10 Å². The smallest absolute Gasteiger partial charge is 0.374 e. The fourth-order valence-corrected chi connectivity index (χ4v) is 1.34. The average Bonchev–Trinajstić information content (AvgIpc) is 2.88. The van der Waals surface area contributed by atoms with E-state index in [9.17, 15) is 4.79 Å². The molecule has 0 saturated heterocycles. The molecule has 0 spiro atoms. The summed E-state index contributed by atoms with van der Waals surface area (Å²) in [5.41, 5.74) is 0. The Bertz CT molecular complexity index is 434. The first-order chi connectivity index (χ1) is 7.75. The molecule has 84 valence electrons. The van der Waals surface area contributed by atoms with Crippen LogP contribution in [0.4, 0.5) is 0 Å². The van der Waals surface area contributed by atoms with Crippen LogP contribution in [0.2, 0.25) is 0 Å². The van der Waals surface area contributed by atoms with Crippen LogP contribution in [-0.4, -0.2) is 21.9 Å². The Hall–Kier alpha value is -2.04. The molecule has 5 nitrogen and oxygen atoms in total. The van der Waals surface area contributed by atoms with Gasteiger partial charge in [-0.3, -0.25) is 4.68 Å². The van der Waals surface area contributed by atoms with Crippen LogP contribution in [0.1, 0.15) is 17.5 Å². The van der Waals surface area contributed by atoms with Crippen molar-refractivity contribution in [1.29, 1.82) is 0 Å². The van der Waals surface area contributed by atoms with Crippen molar-refractivity contribution in [2.75, 3.05) is 0 Å². The van der Waals surface area contributed by atoms with E-state index in [0.717, 1.165) is 0 Å². The van der Waals surface area contributed by atoms with E-state index >= 15 is 0 Å². The van der Waals surface area contributed by atoms with E-state index in [0.29, 0.717) is 6.54 Å². The molecule has 1 unspecified atom stereocenters. The number of furan rings is 1. The van der Waals surface area contributed by atoms with Crippen molar-refractivity contribution in [1.82, 2.24) is 9.78 Å². The van der Waals surface area contributed by atoms with Gasteiger partial charge < -0.3 is 9.15 Å². The van der Waals surface area contributed by atoms with Gasteiger partial charge in [-0.15, -0.1) is 0 Å². The predicted molar refractivity (Wildman–Crippen MR) is 55.8 cm³/mol. The van der Waals surface area contributed by atoms with Crippen LogP contribution >= 0.6 is 0 Å². The third kappa shape index (κ3) is 2.50. The number of ether oxygens (including phenoxy) is 1. The van der Waals surface area contributed by atoms with Crippen LogP contribution in [0, 0.1) is 0 Å². The van der Waals surface area contributed by atoms with Gasteiger partial charge in [0.15, 0.2) is 0 Å². The number of hydrogen-bond acceptors (Lipinski definition) is 4. The lowest BCUT2D eigenvalue weighted by Crippen LogP contribution is -2.20. The van der Waals surface area contributed by atoms with E-state index in [1.165, 1.54) is 6.26 Å². The highest BCUT2D eigenvalue weighted by atomic mass is 16.6. The number of carbonyl (C=O) groups is 1. The molecule has 0 N–H and O–H groups in total. The summed E-state index contributed by atoms with van der Waals surface area (Å²) in [5, 5.41) is 4.03. The summed E-state index contributed by atoms with van der Waals surface area (Å²) in [6, 6.07) is 5.04. The van der Waals surface area contributed by atoms with E-state index in [1.54, 1.807) is 23.0 Å². The van der Waals surface area contributed by atoms with Crippen LogP contribution in [0.25, 0.3) is 0 Å². The summed E-state index contributed by atoms with van der Waals surface area (Å²) in [4.78, 5) is 11.5. The summed E-state index contributed by atoms with van der Waals surface area (Å²) >= 11 is 0. The third-order valence-corrected chi connectivity index (χ3v) is 2.03. The van der Waals surface area contributed by atoms with Crippen LogP contribution in [0.15, 0.2) is 41.3 Å². The summed E-state index contributed by atoms with van der Waals surface area (Å²) in [6.07, 6.45) is 4.69. The number of rotatable bonds is 4. The third-order valence-electron chi connectivity index (χ3n) is 2.03. The number of hydrogen-bond donors (Lipinski definition) is 0. The minimum atomic E-state index is -0.454. The molecule has 0 aliphatic rings. The second-order valence-electron chi connectivity index (χ2n) is 3.42. The van der Waals surface area contributed by atoms with Gasteiger partial charge in [-0.1, -0.05) is 0 Å². The van der Waals surface area contributed by atoms with Gasteiger partial charge >= 0.3 is 5.97 Å². The van der Waals surface area contributed by atoms with E-state index in [-0.39, 0.29) is 11.9 Å². The van der Waals surface area contributed by atoms with Gasteiger partial charge in [0, 0.05) is 12.4 Å². The SMILES string of the molecule is CC(Cn1cccn1)OC(=O)c1ccco1. The quantitative estimate of drug-likeness (QED) is 0.736. The fraction of sp³-hybridized carbons (Fsp3) is 0.273. The molecule has 5 heteroatoms. The first kappa shape index (κ1) is 10.5. The van der Waals surface area contributed by atoms with Crippen LogP contribution < -0.4 is 0 Å². The summed E-state index contributed by atoms with van der Waals surface area (Å²) in [6.45, 7) is 2.34. The lowest BCUT2D eigenvalue weighted by atomic mass is 10.4. The maximum Gasteiger partial charge on any atom is 0.374 e. The lowest BCUT2D eigenvalue weighted by Gasteiger charge is -2.11. The molecule has 16 heavy (non-hydrogen) atoms. The second kappa shape index (κ2) is 4.65. The van der Waals surface area contributed by atoms with E-state index in [1.807, 2.05) is 19.2 Å². The summed E-state index contributed by atoms with van der Waals surface area (Å²) in [7, 11) is 0. The number of aromatic nitrogens is 2. The first-order valence-electron chi connectivity index (χ1n) is 4.97. The Labute approximate surface area is 92.6 Å². The van der Waals surface area contributed by atoms with Crippen LogP contribution in [-0.2, 0) is 11.3 Å². The summed E-state index contributed by atoms with van der Waals surface area (Å²) < 4.78 is 11.8. The molecule has 0 aliphatic carbocycles. The van der Waals surface area contributed by atoms with E-state index < -0.39 is 5.97 Å². The topological polar surface area (TPSA) is 57.3 Å². The number of carbonyl (C=O) groups excluding carboxylic acids is 1. The van der Waals surface area contributed by atoms with Crippen molar-refractivity contribution in [3.8, 4) is 0 Å². The molecule has 0 aromatic carbocycles. The molecule has 0 fully saturated rings. The molecule has 2 heterocycles. The zero-order chi connectivity index (χ0) is 11.4. The summed E-state index contributed by atoms with van der Waals surface area (Å²) in [5.74, 6) is -0.239. The fourth-order valence-electron chi connectivity index (χ4n) is 1.34. The van der Waals surface area contributed by atoms with Crippen molar-refractivity contribution >= 4 is 5.97 Å². The maximum atomic E-state index is 11.5. The average molecular weight is 220 g/mol. The van der Waals surface area contributed by atoms with Gasteiger partial charge in [-0.2, -0.15) is 5.10 Å². The van der Waals surface area contributed by atoms with Gasteiger partial charge in [0.2, 0.25) is 5.76 Å². The zero-order valence-corrected chi connectivity index (χ0v) is 8.87. The maximum absolute atomic E-state index is 11.5. The Morgan fingerprint density at radius 3 is 3.12 bits per heavy atom. The second-order valence-corrected chi connectivity index (χ2v) is 3.42. The highest BCUT2D eigenvalue weighted by Crippen LogP contribution is 2.05. The van der Waals surface area contributed by atoms with Crippen molar-refractivity contribution in [3.63, 3.8) is 0 Å². The molecule has 0 saturated carbocycles.